The van der Waals surface area contributed by atoms with E-state index in [4.69, 9.17) is 15.0 Å². The van der Waals surface area contributed by atoms with E-state index in [1.54, 1.807) is 0 Å². The molecule has 0 N–H and O–H groups in total. The zero-order valence-electron chi connectivity index (χ0n) is 33.5. The third-order valence-corrected chi connectivity index (χ3v) is 13.0. The Labute approximate surface area is 362 Å². The summed E-state index contributed by atoms with van der Waals surface area (Å²) in [5, 5.41) is 4.90. The summed E-state index contributed by atoms with van der Waals surface area (Å²) in [6.45, 7) is 0. The molecule has 3 aromatic heterocycles. The first-order valence-corrected chi connectivity index (χ1v) is 21.7. The van der Waals surface area contributed by atoms with Crippen LogP contribution in [0.15, 0.2) is 218 Å². The summed E-state index contributed by atoms with van der Waals surface area (Å²) in [6.07, 6.45) is 0. The monoisotopic (exact) mass is 808 g/mol. The van der Waals surface area contributed by atoms with Crippen molar-refractivity contribution in [1.29, 1.82) is 0 Å². The fraction of sp³-hybridized carbons (Fsp3) is 0. The first kappa shape index (κ1) is 35.9. The number of nitrogens with zero attached hydrogens (tertiary/aromatic N) is 4. The molecule has 0 fully saturated rings. The fourth-order valence-corrected chi connectivity index (χ4v) is 10.1. The Balaban J connectivity index is 1.03. The van der Waals surface area contributed by atoms with Crippen LogP contribution in [0, 0.1) is 0 Å². The predicted octanol–water partition coefficient (Wildman–Crippen LogP) is 15.3. The molecule has 0 unspecified atom stereocenters. The Morgan fingerprint density at radius 1 is 0.306 bits per heavy atom. The van der Waals surface area contributed by atoms with E-state index in [0.717, 1.165) is 39.1 Å². The molecule has 0 aliphatic rings. The smallest absolute Gasteiger partial charge is 0.164 e. The average Bonchev–Trinajstić information content (AvgIpc) is 3.90. The van der Waals surface area contributed by atoms with Crippen molar-refractivity contribution < 1.29 is 0 Å². The van der Waals surface area contributed by atoms with E-state index in [9.17, 15) is 0 Å². The molecule has 0 saturated carbocycles. The van der Waals surface area contributed by atoms with E-state index in [-0.39, 0.29) is 0 Å². The number of fused-ring (bicyclic) bond motifs is 6. The Hall–Kier alpha value is -7.99. The predicted molar refractivity (Wildman–Crippen MR) is 260 cm³/mol. The molecule has 0 aliphatic heterocycles. The molecular formula is C57H36N4S. The zero-order chi connectivity index (χ0) is 41.0. The molecule has 0 amide bonds. The first-order valence-electron chi connectivity index (χ1n) is 20.8. The molecule has 0 saturated heterocycles. The van der Waals surface area contributed by atoms with Gasteiger partial charge in [-0.25, -0.2) is 15.0 Å². The van der Waals surface area contributed by atoms with Gasteiger partial charge in [0.2, 0.25) is 0 Å². The van der Waals surface area contributed by atoms with Gasteiger partial charge < -0.3 is 4.57 Å². The molecule has 4 nitrogen and oxygen atoms in total. The zero-order valence-corrected chi connectivity index (χ0v) is 34.3. The van der Waals surface area contributed by atoms with Crippen molar-refractivity contribution >= 4 is 53.3 Å². The maximum absolute atomic E-state index is 5.23. The standard InChI is InChI=1S/C57H36N4S/c1-3-15-37(16-4-1)39-29-31-40(32-30-39)55-58-56(42-20-13-19-41(35-42)38-17-5-2-6-18-38)60-57(59-55)43-33-34-52-48(36-43)54-47(24-14-28-53(54)62-52)46-23-9-12-27-51(46)61-49-25-10-7-21-44(49)45-22-8-11-26-50(45)61/h1-36H. The van der Waals surface area contributed by atoms with Gasteiger partial charge in [-0.3, -0.25) is 0 Å². The Morgan fingerprint density at radius 2 is 0.790 bits per heavy atom. The Kier molecular flexibility index (Phi) is 8.65. The molecule has 62 heavy (non-hydrogen) atoms. The van der Waals surface area contributed by atoms with Crippen molar-refractivity contribution in [3.05, 3.63) is 218 Å². The highest BCUT2D eigenvalue weighted by Crippen LogP contribution is 2.44. The number of aromatic nitrogens is 4. The lowest BCUT2D eigenvalue weighted by Crippen LogP contribution is -2.00. The molecule has 3 heterocycles. The van der Waals surface area contributed by atoms with Crippen LogP contribution in [0.1, 0.15) is 0 Å². The summed E-state index contributed by atoms with van der Waals surface area (Å²) >= 11 is 1.82. The van der Waals surface area contributed by atoms with Crippen LogP contribution in [0.25, 0.3) is 115 Å². The number of benzene rings is 9. The van der Waals surface area contributed by atoms with Crippen LogP contribution < -0.4 is 0 Å². The van der Waals surface area contributed by atoms with Crippen LogP contribution in [0.3, 0.4) is 0 Å². The normalized spacial score (nSPS) is 11.5. The quantitative estimate of drug-likeness (QED) is 0.161. The second-order valence-electron chi connectivity index (χ2n) is 15.6. The summed E-state index contributed by atoms with van der Waals surface area (Å²) in [5.74, 6) is 1.89. The van der Waals surface area contributed by atoms with Gasteiger partial charge in [0, 0.05) is 53.2 Å². The van der Waals surface area contributed by atoms with Gasteiger partial charge in [-0.1, -0.05) is 170 Å². The maximum Gasteiger partial charge on any atom is 0.164 e. The third-order valence-electron chi connectivity index (χ3n) is 11.9. The van der Waals surface area contributed by atoms with Gasteiger partial charge in [-0.2, -0.15) is 0 Å². The lowest BCUT2D eigenvalue weighted by molar-refractivity contribution is 1.07. The second-order valence-corrected chi connectivity index (χ2v) is 16.7. The van der Waals surface area contributed by atoms with Gasteiger partial charge in [0.15, 0.2) is 17.5 Å². The summed E-state index contributed by atoms with van der Waals surface area (Å²) in [5.41, 5.74) is 13.3. The molecule has 0 bridgehead atoms. The van der Waals surface area contributed by atoms with Crippen LogP contribution in [-0.2, 0) is 0 Å². The minimum atomic E-state index is 0.630. The summed E-state index contributed by atoms with van der Waals surface area (Å²) in [7, 11) is 0. The van der Waals surface area contributed by atoms with Crippen LogP contribution in [0.4, 0.5) is 0 Å². The summed E-state index contributed by atoms with van der Waals surface area (Å²) < 4.78 is 4.87. The summed E-state index contributed by atoms with van der Waals surface area (Å²) in [6, 6.07) is 77.5. The van der Waals surface area contributed by atoms with Gasteiger partial charge in [0.05, 0.1) is 16.7 Å². The molecule has 5 heteroatoms. The van der Waals surface area contributed by atoms with Gasteiger partial charge >= 0.3 is 0 Å². The SMILES string of the molecule is c1ccc(-c2ccc(-c3nc(-c4cccc(-c5ccccc5)c4)nc(-c4ccc5sc6cccc(-c7ccccc7-n7c8ccccc8c8ccccc87)c6c5c4)n3)cc2)cc1. The van der Waals surface area contributed by atoms with Gasteiger partial charge in [0.1, 0.15) is 0 Å². The number of rotatable bonds is 7. The van der Waals surface area contributed by atoms with Crippen LogP contribution in [0.2, 0.25) is 0 Å². The number of hydrogen-bond acceptors (Lipinski definition) is 4. The first-order chi connectivity index (χ1) is 30.7. The molecule has 12 aromatic rings. The van der Waals surface area contributed by atoms with Gasteiger partial charge in [0.25, 0.3) is 0 Å². The molecule has 12 rings (SSSR count). The average molecular weight is 809 g/mol. The highest BCUT2D eigenvalue weighted by molar-refractivity contribution is 7.26. The van der Waals surface area contributed by atoms with Crippen LogP contribution in [-0.4, -0.2) is 19.5 Å². The van der Waals surface area contributed by atoms with Crippen LogP contribution in [0.5, 0.6) is 0 Å². The fourth-order valence-electron chi connectivity index (χ4n) is 8.94. The Bertz CT molecular complexity index is 3570. The van der Waals surface area contributed by atoms with Crippen molar-refractivity contribution in [3.63, 3.8) is 0 Å². The number of hydrogen-bond donors (Lipinski definition) is 0. The van der Waals surface area contributed by atoms with E-state index in [2.05, 4.69) is 211 Å². The van der Waals surface area contributed by atoms with E-state index < -0.39 is 0 Å². The minimum Gasteiger partial charge on any atom is -0.309 e. The Morgan fingerprint density at radius 3 is 1.50 bits per heavy atom. The van der Waals surface area contributed by atoms with Crippen molar-refractivity contribution in [2.75, 3.05) is 0 Å². The van der Waals surface area contributed by atoms with Crippen molar-refractivity contribution in [2.24, 2.45) is 0 Å². The lowest BCUT2D eigenvalue weighted by atomic mass is 9.97. The highest BCUT2D eigenvalue weighted by atomic mass is 32.1. The van der Waals surface area contributed by atoms with E-state index in [1.807, 2.05) is 23.5 Å². The maximum atomic E-state index is 5.23. The van der Waals surface area contributed by atoms with Crippen LogP contribution >= 0.6 is 11.3 Å². The molecular weight excluding hydrogens is 773 g/mol. The molecule has 0 spiro atoms. The third kappa shape index (κ3) is 6.18. The number of thiophene rings is 1. The number of para-hydroxylation sites is 3. The van der Waals surface area contributed by atoms with E-state index in [0.29, 0.717) is 17.5 Å². The second kappa shape index (κ2) is 14.9. The highest BCUT2D eigenvalue weighted by Gasteiger charge is 2.20. The lowest BCUT2D eigenvalue weighted by Gasteiger charge is -2.15. The molecule has 0 radical (unpaired) electrons. The van der Waals surface area contributed by atoms with Gasteiger partial charge in [-0.15, -0.1) is 11.3 Å². The summed E-state index contributed by atoms with van der Waals surface area (Å²) in [4.78, 5) is 15.6. The molecule has 0 aliphatic carbocycles. The van der Waals surface area contributed by atoms with Crippen molar-refractivity contribution in [3.8, 4) is 73.2 Å². The molecule has 290 valence electrons. The largest absolute Gasteiger partial charge is 0.309 e. The van der Waals surface area contributed by atoms with Crippen molar-refractivity contribution in [1.82, 2.24) is 19.5 Å². The molecule has 0 atom stereocenters. The van der Waals surface area contributed by atoms with Crippen molar-refractivity contribution in [2.45, 2.75) is 0 Å². The van der Waals surface area contributed by atoms with E-state index >= 15 is 0 Å². The van der Waals surface area contributed by atoms with E-state index in [1.165, 1.54) is 58.7 Å². The minimum absolute atomic E-state index is 0.630. The topological polar surface area (TPSA) is 43.6 Å². The molecule has 9 aromatic carbocycles. The van der Waals surface area contributed by atoms with Gasteiger partial charge in [-0.05, 0) is 76.3 Å².